The number of hydrogen-bond donors (Lipinski definition) is 4. The van der Waals surface area contributed by atoms with E-state index in [0.29, 0.717) is 11.4 Å². The third-order valence-electron chi connectivity index (χ3n) is 5.72. The summed E-state index contributed by atoms with van der Waals surface area (Å²) in [5.41, 5.74) is 7.79. The minimum atomic E-state index is -1.23. The van der Waals surface area contributed by atoms with Crippen molar-refractivity contribution in [2.45, 2.75) is 88.8 Å². The number of ether oxygens (including phenoxy) is 3. The third-order valence-corrected chi connectivity index (χ3v) is 5.72. The second-order valence-electron chi connectivity index (χ2n) is 8.13. The first-order chi connectivity index (χ1) is 14.9. The van der Waals surface area contributed by atoms with Crippen molar-refractivity contribution in [2.75, 3.05) is 19.5 Å². The highest BCUT2D eigenvalue weighted by molar-refractivity contribution is 5.66. The van der Waals surface area contributed by atoms with E-state index in [1.54, 1.807) is 6.07 Å². The van der Waals surface area contributed by atoms with Gasteiger partial charge < -0.3 is 35.3 Å². The molecule has 0 amide bonds. The van der Waals surface area contributed by atoms with Gasteiger partial charge in [-0.3, -0.25) is 4.79 Å². The van der Waals surface area contributed by atoms with Gasteiger partial charge in [0.1, 0.15) is 24.1 Å². The molecule has 1 aliphatic heterocycles. The Kier molecular flexibility index (Phi) is 11.1. The van der Waals surface area contributed by atoms with Gasteiger partial charge in [-0.1, -0.05) is 50.7 Å². The van der Waals surface area contributed by atoms with Crippen molar-refractivity contribution in [2.24, 2.45) is 0 Å². The molecule has 0 aliphatic carbocycles. The molecule has 4 atom stereocenters. The highest BCUT2D eigenvalue weighted by Gasteiger charge is 2.40. The van der Waals surface area contributed by atoms with Crippen molar-refractivity contribution in [3.63, 3.8) is 0 Å². The molecule has 0 radical (unpaired) electrons. The Morgan fingerprint density at radius 2 is 1.71 bits per heavy atom. The van der Waals surface area contributed by atoms with Gasteiger partial charge in [-0.2, -0.15) is 0 Å². The number of aliphatic carboxylic acids is 1. The molecule has 8 nitrogen and oxygen atoms in total. The van der Waals surface area contributed by atoms with E-state index in [9.17, 15) is 15.0 Å². The number of unbranched alkanes of at least 4 members (excludes halogenated alkanes) is 7. The lowest BCUT2D eigenvalue weighted by Crippen LogP contribution is -2.55. The normalized spacial score (nSPS) is 23.6. The molecular weight excluding hydrogens is 402 g/mol. The molecule has 5 N–H and O–H groups in total. The molecule has 0 bridgehead atoms. The van der Waals surface area contributed by atoms with Gasteiger partial charge in [-0.15, -0.1) is 0 Å². The number of carboxylic acid groups (broad SMARTS) is 1. The SMILES string of the molecule is CO[C@H]1CO[C@@H](Oc2cccc(CCCCCCCCCCC(=O)O)c2N)[C@@H](O)[C@H]1O. The molecule has 8 heteroatoms. The predicted octanol–water partition coefficient (Wildman–Crippen LogP) is 2.88. The van der Waals surface area contributed by atoms with E-state index in [-0.39, 0.29) is 13.0 Å². The first-order valence-corrected chi connectivity index (χ1v) is 11.2. The molecule has 1 aromatic rings. The van der Waals surface area contributed by atoms with Gasteiger partial charge in [0.2, 0.25) is 6.29 Å². The van der Waals surface area contributed by atoms with Gasteiger partial charge >= 0.3 is 5.97 Å². The molecule has 1 fully saturated rings. The Labute approximate surface area is 184 Å². The van der Waals surface area contributed by atoms with Gasteiger partial charge in [0, 0.05) is 13.5 Å². The number of para-hydroxylation sites is 1. The summed E-state index contributed by atoms with van der Waals surface area (Å²) in [6, 6.07) is 5.56. The zero-order valence-corrected chi connectivity index (χ0v) is 18.4. The Morgan fingerprint density at radius 1 is 1.06 bits per heavy atom. The van der Waals surface area contributed by atoms with Gasteiger partial charge in [0.25, 0.3) is 0 Å². The molecule has 0 saturated carbocycles. The second-order valence-corrected chi connectivity index (χ2v) is 8.13. The summed E-state index contributed by atoms with van der Waals surface area (Å²) in [5.74, 6) is -0.278. The maximum absolute atomic E-state index is 10.5. The Bertz CT molecular complexity index is 669. The fourth-order valence-electron chi connectivity index (χ4n) is 3.77. The predicted molar refractivity (Wildman–Crippen MR) is 117 cm³/mol. The molecule has 176 valence electrons. The number of nitrogen functional groups attached to an aromatic ring is 1. The highest BCUT2D eigenvalue weighted by atomic mass is 16.7. The van der Waals surface area contributed by atoms with Crippen LogP contribution in [0, 0.1) is 0 Å². The van der Waals surface area contributed by atoms with Crippen LogP contribution in [-0.2, 0) is 20.7 Å². The Hall–Kier alpha value is -1.87. The first kappa shape index (κ1) is 25.4. The van der Waals surface area contributed by atoms with Crippen molar-refractivity contribution in [1.29, 1.82) is 0 Å². The van der Waals surface area contributed by atoms with E-state index in [1.165, 1.54) is 7.11 Å². The summed E-state index contributed by atoms with van der Waals surface area (Å²) in [6.45, 7) is 0.124. The lowest BCUT2D eigenvalue weighted by Gasteiger charge is -2.36. The van der Waals surface area contributed by atoms with E-state index in [2.05, 4.69) is 0 Å². The molecule has 0 aromatic heterocycles. The third kappa shape index (κ3) is 8.29. The lowest BCUT2D eigenvalue weighted by molar-refractivity contribution is -0.246. The topological polar surface area (TPSA) is 131 Å². The van der Waals surface area contributed by atoms with Crippen LogP contribution in [0.3, 0.4) is 0 Å². The fourth-order valence-corrected chi connectivity index (χ4v) is 3.77. The highest BCUT2D eigenvalue weighted by Crippen LogP contribution is 2.30. The first-order valence-electron chi connectivity index (χ1n) is 11.2. The molecule has 0 unspecified atom stereocenters. The quantitative estimate of drug-likeness (QED) is 0.257. The van der Waals surface area contributed by atoms with Crippen molar-refractivity contribution < 1.29 is 34.3 Å². The summed E-state index contributed by atoms with van der Waals surface area (Å²) in [5, 5.41) is 28.9. The van der Waals surface area contributed by atoms with E-state index in [4.69, 9.17) is 25.1 Å². The van der Waals surface area contributed by atoms with Gasteiger partial charge in [0.05, 0.1) is 12.3 Å². The van der Waals surface area contributed by atoms with Crippen LogP contribution >= 0.6 is 0 Å². The van der Waals surface area contributed by atoms with Crippen molar-refractivity contribution in [3.05, 3.63) is 23.8 Å². The average Bonchev–Trinajstić information content (AvgIpc) is 2.75. The van der Waals surface area contributed by atoms with Gasteiger partial charge in [0.15, 0.2) is 0 Å². The molecule has 2 rings (SSSR count). The number of anilines is 1. The molecule has 1 aliphatic rings. The van der Waals surface area contributed by atoms with Gasteiger partial charge in [-0.25, -0.2) is 0 Å². The van der Waals surface area contributed by atoms with Crippen LogP contribution in [0.1, 0.15) is 63.4 Å². The summed E-state index contributed by atoms with van der Waals surface area (Å²) >= 11 is 0. The number of carbonyl (C=O) groups is 1. The number of carboxylic acids is 1. The molecule has 1 heterocycles. The maximum Gasteiger partial charge on any atom is 0.303 e. The zero-order chi connectivity index (χ0) is 22.6. The molecular formula is C23H37NO7. The standard InChI is InChI=1S/C23H37NO7/c1-29-18-15-30-23(22(28)21(18)27)31-17-13-10-12-16(20(17)24)11-8-6-4-2-3-5-7-9-14-19(25)26/h10,12-13,18,21-23,27-28H,2-9,11,14-15,24H2,1H3,(H,25,26)/t18-,21-,22-,23-/m0/s1. The molecule has 0 spiro atoms. The molecule has 31 heavy (non-hydrogen) atoms. The summed E-state index contributed by atoms with van der Waals surface area (Å²) in [7, 11) is 1.45. The largest absolute Gasteiger partial charge is 0.481 e. The number of rotatable bonds is 14. The Balaban J connectivity index is 1.70. The number of aliphatic hydroxyl groups is 2. The van der Waals surface area contributed by atoms with E-state index >= 15 is 0 Å². The van der Waals surface area contributed by atoms with E-state index in [0.717, 1.165) is 63.4 Å². The van der Waals surface area contributed by atoms with Crippen LogP contribution in [0.4, 0.5) is 5.69 Å². The number of methoxy groups -OCH3 is 1. The van der Waals surface area contributed by atoms with Crippen LogP contribution < -0.4 is 10.5 Å². The summed E-state index contributed by atoms with van der Waals surface area (Å²) in [4.78, 5) is 10.5. The van der Waals surface area contributed by atoms with Crippen LogP contribution in [0.2, 0.25) is 0 Å². The minimum absolute atomic E-state index is 0.124. The number of aliphatic hydroxyl groups excluding tert-OH is 2. The fraction of sp³-hybridized carbons (Fsp3) is 0.696. The van der Waals surface area contributed by atoms with Gasteiger partial charge in [-0.05, 0) is 30.9 Å². The summed E-state index contributed by atoms with van der Waals surface area (Å²) < 4.78 is 16.3. The molecule has 1 saturated heterocycles. The minimum Gasteiger partial charge on any atom is -0.481 e. The van der Waals surface area contributed by atoms with E-state index < -0.39 is 30.6 Å². The summed E-state index contributed by atoms with van der Waals surface area (Å²) in [6.07, 6.45) is 5.60. The maximum atomic E-state index is 10.5. The number of hydrogen-bond acceptors (Lipinski definition) is 7. The number of benzene rings is 1. The smallest absolute Gasteiger partial charge is 0.303 e. The molecule has 1 aromatic carbocycles. The lowest BCUT2D eigenvalue weighted by atomic mass is 10.0. The van der Waals surface area contributed by atoms with Crippen LogP contribution in [0.15, 0.2) is 18.2 Å². The van der Waals surface area contributed by atoms with Crippen LogP contribution in [-0.4, -0.2) is 59.6 Å². The zero-order valence-electron chi connectivity index (χ0n) is 18.4. The van der Waals surface area contributed by atoms with E-state index in [1.807, 2.05) is 12.1 Å². The van der Waals surface area contributed by atoms with Crippen LogP contribution in [0.5, 0.6) is 5.75 Å². The van der Waals surface area contributed by atoms with Crippen molar-refractivity contribution in [1.82, 2.24) is 0 Å². The monoisotopic (exact) mass is 439 g/mol. The van der Waals surface area contributed by atoms with Crippen LogP contribution in [0.25, 0.3) is 0 Å². The van der Waals surface area contributed by atoms with Crippen molar-refractivity contribution >= 4 is 11.7 Å². The second kappa shape index (κ2) is 13.5. The average molecular weight is 440 g/mol. The van der Waals surface area contributed by atoms with Crippen molar-refractivity contribution in [3.8, 4) is 5.75 Å². The number of aryl methyl sites for hydroxylation is 1. The Morgan fingerprint density at radius 3 is 2.35 bits per heavy atom. The number of nitrogens with two attached hydrogens (primary N) is 1.